The second kappa shape index (κ2) is 7.80. The van der Waals surface area contributed by atoms with E-state index in [1.807, 2.05) is 18.0 Å². The predicted molar refractivity (Wildman–Crippen MR) is 131 cm³/mol. The van der Waals surface area contributed by atoms with Crippen LogP contribution in [-0.2, 0) is 19.4 Å². The molecule has 186 valence electrons. The van der Waals surface area contributed by atoms with Gasteiger partial charge in [-0.25, -0.2) is 8.42 Å². The topological polar surface area (TPSA) is 63.7 Å². The first-order valence-corrected chi connectivity index (χ1v) is 14.9. The van der Waals surface area contributed by atoms with Crippen LogP contribution >= 0.6 is 0 Å². The molecule has 1 aromatic rings. The summed E-state index contributed by atoms with van der Waals surface area (Å²) in [6, 6.07) is 8.70. The quantitative estimate of drug-likeness (QED) is 0.612. The van der Waals surface area contributed by atoms with Crippen LogP contribution in [0.1, 0.15) is 71.6 Å². The summed E-state index contributed by atoms with van der Waals surface area (Å²) in [5.41, 5.74) is 0.0771. The molecule has 6 heteroatoms. The highest BCUT2D eigenvalue weighted by atomic mass is 32.2. The highest BCUT2D eigenvalue weighted by molar-refractivity contribution is 7.92. The SMILES string of the molecule is CN1C(=O)C(S(=O)(=O)c2ccccc2)C[C@]2(C)[C@H]3CC[C@]4(C)[C@@H](OC5CC5)CC[C@H]4[C@@H]3CC[C@@H]12. The van der Waals surface area contributed by atoms with Crippen molar-refractivity contribution in [2.45, 2.75) is 100 Å². The van der Waals surface area contributed by atoms with Crippen molar-refractivity contribution < 1.29 is 17.9 Å². The average Bonchev–Trinajstić information content (AvgIpc) is 3.58. The number of carbonyl (C=O) groups excluding carboxylic acids is 1. The van der Waals surface area contributed by atoms with Crippen molar-refractivity contribution in [1.82, 2.24) is 4.90 Å². The standard InChI is InChI=1S/C28H39NO4S/c1-27-16-15-22-20(21(27)12-14-25(27)33-18-9-10-18)11-13-24-28(22,2)17-23(26(30)29(24)3)34(31,32)19-7-5-4-6-8-19/h4-8,18,20-25H,9-17H2,1-3H3/t20-,21-,22-,23?,24+,25-,27-,28+/m0/s1. The minimum atomic E-state index is -3.73. The first-order chi connectivity index (χ1) is 16.2. The van der Waals surface area contributed by atoms with Gasteiger partial charge in [0.15, 0.2) is 9.84 Å². The van der Waals surface area contributed by atoms with E-state index in [-0.39, 0.29) is 27.7 Å². The maximum atomic E-state index is 13.6. The Hall–Kier alpha value is -1.40. The van der Waals surface area contributed by atoms with E-state index in [0.717, 1.165) is 25.7 Å². The number of benzene rings is 1. The lowest BCUT2D eigenvalue weighted by atomic mass is 9.47. The van der Waals surface area contributed by atoms with Gasteiger partial charge in [0.1, 0.15) is 5.25 Å². The molecular weight excluding hydrogens is 446 g/mol. The number of fused-ring (bicyclic) bond motifs is 5. The van der Waals surface area contributed by atoms with Crippen LogP contribution in [0.25, 0.3) is 0 Å². The van der Waals surface area contributed by atoms with Crippen molar-refractivity contribution in [2.75, 3.05) is 7.05 Å². The number of hydrogen-bond acceptors (Lipinski definition) is 4. The molecule has 1 aromatic carbocycles. The number of nitrogens with zero attached hydrogens (tertiary/aromatic N) is 1. The molecule has 1 saturated heterocycles. The van der Waals surface area contributed by atoms with E-state index in [1.165, 1.54) is 25.7 Å². The van der Waals surface area contributed by atoms with E-state index >= 15 is 0 Å². The summed E-state index contributed by atoms with van der Waals surface area (Å²) in [7, 11) is -1.88. The van der Waals surface area contributed by atoms with Gasteiger partial charge in [-0.05, 0) is 98.5 Å². The van der Waals surface area contributed by atoms with Gasteiger partial charge in [0.25, 0.3) is 0 Å². The molecule has 5 aliphatic rings. The Morgan fingerprint density at radius 1 is 0.912 bits per heavy atom. The van der Waals surface area contributed by atoms with Crippen molar-refractivity contribution >= 4 is 15.7 Å². The Balaban J connectivity index is 1.31. The number of likely N-dealkylation sites (tertiary alicyclic amines) is 1. The monoisotopic (exact) mass is 485 g/mol. The molecule has 0 bridgehead atoms. The third-order valence-electron chi connectivity index (χ3n) is 10.8. The maximum Gasteiger partial charge on any atom is 0.241 e. The Bertz CT molecular complexity index is 1070. The van der Waals surface area contributed by atoms with Crippen LogP contribution in [0.2, 0.25) is 0 Å². The molecule has 0 radical (unpaired) electrons. The summed E-state index contributed by atoms with van der Waals surface area (Å²) in [6.07, 6.45) is 10.6. The molecule has 1 amide bonds. The number of sulfone groups is 1. The average molecular weight is 486 g/mol. The normalized spacial score (nSPS) is 44.3. The summed E-state index contributed by atoms with van der Waals surface area (Å²) in [5, 5.41) is -0.984. The highest BCUT2D eigenvalue weighted by Crippen LogP contribution is 2.65. The molecule has 1 heterocycles. The second-order valence-corrected chi connectivity index (χ2v) is 14.6. The van der Waals surface area contributed by atoms with E-state index in [0.29, 0.717) is 36.4 Å². The molecule has 34 heavy (non-hydrogen) atoms. The minimum Gasteiger partial charge on any atom is -0.374 e. The zero-order chi connectivity index (χ0) is 23.9. The van der Waals surface area contributed by atoms with Gasteiger partial charge in [-0.1, -0.05) is 32.0 Å². The lowest BCUT2D eigenvalue weighted by molar-refractivity contribution is -0.161. The fraction of sp³-hybridized carbons (Fsp3) is 0.750. The van der Waals surface area contributed by atoms with Gasteiger partial charge in [0.2, 0.25) is 5.91 Å². The van der Waals surface area contributed by atoms with Gasteiger partial charge in [-0.15, -0.1) is 0 Å². The van der Waals surface area contributed by atoms with Gasteiger partial charge >= 0.3 is 0 Å². The fourth-order valence-corrected chi connectivity index (χ4v) is 10.7. The Kier molecular flexibility index (Phi) is 5.28. The molecule has 1 unspecified atom stereocenters. The molecule has 0 aromatic heterocycles. The minimum absolute atomic E-state index is 0.132. The number of ether oxygens (including phenoxy) is 1. The summed E-state index contributed by atoms with van der Waals surface area (Å²) >= 11 is 0. The maximum absolute atomic E-state index is 13.6. The molecule has 8 atom stereocenters. The fourth-order valence-electron chi connectivity index (χ4n) is 8.86. The summed E-state index contributed by atoms with van der Waals surface area (Å²) in [6.45, 7) is 4.78. The highest BCUT2D eigenvalue weighted by Gasteiger charge is 2.64. The van der Waals surface area contributed by atoms with Gasteiger partial charge in [-0.3, -0.25) is 4.79 Å². The number of hydrogen-bond donors (Lipinski definition) is 0. The Labute approximate surface area is 204 Å². The van der Waals surface area contributed by atoms with Crippen molar-refractivity contribution in [3.05, 3.63) is 30.3 Å². The summed E-state index contributed by atoms with van der Waals surface area (Å²) in [5.74, 6) is 1.51. The van der Waals surface area contributed by atoms with Crippen LogP contribution < -0.4 is 0 Å². The lowest BCUT2D eigenvalue weighted by Gasteiger charge is -2.62. The molecule has 5 nitrogen and oxygen atoms in total. The summed E-state index contributed by atoms with van der Waals surface area (Å²) < 4.78 is 33.8. The third-order valence-corrected chi connectivity index (χ3v) is 12.8. The van der Waals surface area contributed by atoms with E-state index in [2.05, 4.69) is 13.8 Å². The molecule has 5 fully saturated rings. The van der Waals surface area contributed by atoms with Crippen LogP contribution in [0, 0.1) is 28.6 Å². The number of carbonyl (C=O) groups is 1. The smallest absolute Gasteiger partial charge is 0.241 e. The zero-order valence-electron chi connectivity index (χ0n) is 20.8. The molecule has 0 N–H and O–H groups in total. The van der Waals surface area contributed by atoms with E-state index in [4.69, 9.17) is 4.74 Å². The third kappa shape index (κ3) is 3.27. The van der Waals surface area contributed by atoms with E-state index in [1.54, 1.807) is 24.3 Å². The molecule has 4 aliphatic carbocycles. The first-order valence-electron chi connectivity index (χ1n) is 13.4. The van der Waals surface area contributed by atoms with Crippen LogP contribution in [0.5, 0.6) is 0 Å². The van der Waals surface area contributed by atoms with E-state index in [9.17, 15) is 13.2 Å². The predicted octanol–water partition coefficient (Wildman–Crippen LogP) is 4.85. The van der Waals surface area contributed by atoms with Gasteiger partial charge < -0.3 is 9.64 Å². The van der Waals surface area contributed by atoms with Crippen LogP contribution in [0.3, 0.4) is 0 Å². The second-order valence-electron chi connectivity index (χ2n) is 12.4. The Morgan fingerprint density at radius 2 is 1.62 bits per heavy atom. The van der Waals surface area contributed by atoms with Crippen LogP contribution in [0.4, 0.5) is 0 Å². The van der Waals surface area contributed by atoms with Crippen molar-refractivity contribution in [2.24, 2.45) is 28.6 Å². The summed E-state index contributed by atoms with van der Waals surface area (Å²) in [4.78, 5) is 15.5. The number of amides is 1. The number of rotatable bonds is 4. The molecule has 0 spiro atoms. The molecular formula is C28H39NO4S. The van der Waals surface area contributed by atoms with Crippen LogP contribution in [0.15, 0.2) is 35.2 Å². The number of piperidine rings is 1. The van der Waals surface area contributed by atoms with Crippen LogP contribution in [-0.4, -0.2) is 49.8 Å². The van der Waals surface area contributed by atoms with Crippen molar-refractivity contribution in [3.8, 4) is 0 Å². The molecule has 6 rings (SSSR count). The molecule has 4 saturated carbocycles. The van der Waals surface area contributed by atoms with Crippen molar-refractivity contribution in [1.29, 1.82) is 0 Å². The molecule has 1 aliphatic heterocycles. The van der Waals surface area contributed by atoms with Gasteiger partial charge in [0.05, 0.1) is 17.1 Å². The lowest BCUT2D eigenvalue weighted by Crippen LogP contribution is -2.65. The Morgan fingerprint density at radius 3 is 2.32 bits per heavy atom. The largest absolute Gasteiger partial charge is 0.374 e. The first kappa shape index (κ1) is 23.0. The zero-order valence-corrected chi connectivity index (χ0v) is 21.6. The van der Waals surface area contributed by atoms with Gasteiger partial charge in [-0.2, -0.15) is 0 Å². The van der Waals surface area contributed by atoms with E-state index < -0.39 is 15.1 Å². The van der Waals surface area contributed by atoms with Crippen molar-refractivity contribution in [3.63, 3.8) is 0 Å². The van der Waals surface area contributed by atoms with Gasteiger partial charge in [0, 0.05) is 13.1 Å².